The number of carbonyl (C=O) groups excluding carboxylic acids is 2. The zero-order valence-corrected chi connectivity index (χ0v) is 9.67. The standard InChI is InChI=1S/C11H13N5O2/c12-9(17)7-1-2-8-10(14-7)16(11(13)18)6-3-4-15(8)5-6/h1-2,6H,3-5H2,(H2,12,17)(H2,13,18). The normalized spacial score (nSPS) is 20.8. The molecule has 94 valence electrons. The van der Waals surface area contributed by atoms with Crippen molar-refractivity contribution < 1.29 is 9.59 Å². The molecule has 7 nitrogen and oxygen atoms in total. The number of urea groups is 1. The molecule has 18 heavy (non-hydrogen) atoms. The first-order chi connectivity index (χ1) is 8.58. The minimum absolute atomic E-state index is 0.0330. The summed E-state index contributed by atoms with van der Waals surface area (Å²) >= 11 is 0. The fraction of sp³-hybridized carbons (Fsp3) is 0.364. The number of hydrogen-bond acceptors (Lipinski definition) is 4. The molecule has 2 aliphatic rings. The molecular weight excluding hydrogens is 234 g/mol. The van der Waals surface area contributed by atoms with Crippen LogP contribution in [0.4, 0.5) is 16.3 Å². The van der Waals surface area contributed by atoms with Crippen molar-refractivity contribution in [2.24, 2.45) is 11.5 Å². The Kier molecular flexibility index (Phi) is 2.16. The summed E-state index contributed by atoms with van der Waals surface area (Å²) in [6, 6.07) is 2.82. The lowest BCUT2D eigenvalue weighted by atomic mass is 10.2. The number of pyridine rings is 1. The second-order valence-corrected chi connectivity index (χ2v) is 4.50. The molecule has 0 aromatic carbocycles. The van der Waals surface area contributed by atoms with Crippen molar-refractivity contribution in [1.29, 1.82) is 0 Å². The van der Waals surface area contributed by atoms with E-state index in [2.05, 4.69) is 9.88 Å². The highest BCUT2D eigenvalue weighted by atomic mass is 16.2. The molecule has 1 unspecified atom stereocenters. The molecule has 4 N–H and O–H groups in total. The quantitative estimate of drug-likeness (QED) is 0.708. The van der Waals surface area contributed by atoms with Crippen LogP contribution in [0, 0.1) is 0 Å². The third kappa shape index (κ3) is 1.40. The van der Waals surface area contributed by atoms with Crippen LogP contribution < -0.4 is 21.3 Å². The Labute approximate surface area is 103 Å². The molecule has 0 spiro atoms. The number of rotatable bonds is 1. The summed E-state index contributed by atoms with van der Waals surface area (Å²) in [4.78, 5) is 30.5. The average molecular weight is 247 g/mol. The number of nitrogens with two attached hydrogens (primary N) is 2. The molecule has 1 aromatic heterocycles. The number of carbonyl (C=O) groups is 2. The molecule has 0 saturated carbocycles. The number of hydrogen-bond donors (Lipinski definition) is 2. The van der Waals surface area contributed by atoms with Gasteiger partial charge in [-0.05, 0) is 18.6 Å². The third-order valence-electron chi connectivity index (χ3n) is 3.44. The number of aromatic nitrogens is 1. The van der Waals surface area contributed by atoms with Crippen molar-refractivity contribution in [1.82, 2.24) is 4.98 Å². The highest BCUT2D eigenvalue weighted by Crippen LogP contribution is 2.38. The summed E-state index contributed by atoms with van der Waals surface area (Å²) in [5.41, 5.74) is 11.6. The van der Waals surface area contributed by atoms with Crippen molar-refractivity contribution in [3.63, 3.8) is 0 Å². The van der Waals surface area contributed by atoms with E-state index in [1.165, 1.54) is 4.90 Å². The molecule has 2 aliphatic heterocycles. The van der Waals surface area contributed by atoms with Gasteiger partial charge in [0.25, 0.3) is 5.91 Å². The summed E-state index contributed by atoms with van der Waals surface area (Å²) in [6.45, 7) is 1.62. The first kappa shape index (κ1) is 10.8. The fourth-order valence-corrected chi connectivity index (χ4v) is 2.63. The van der Waals surface area contributed by atoms with Gasteiger partial charge >= 0.3 is 6.03 Å². The third-order valence-corrected chi connectivity index (χ3v) is 3.44. The maximum absolute atomic E-state index is 11.6. The van der Waals surface area contributed by atoms with Gasteiger partial charge in [0.15, 0.2) is 5.82 Å². The van der Waals surface area contributed by atoms with E-state index in [4.69, 9.17) is 11.5 Å². The topological polar surface area (TPSA) is 106 Å². The molecule has 3 heterocycles. The predicted molar refractivity (Wildman–Crippen MR) is 65.4 cm³/mol. The van der Waals surface area contributed by atoms with Gasteiger partial charge in [-0.1, -0.05) is 0 Å². The highest BCUT2D eigenvalue weighted by Gasteiger charge is 2.39. The molecule has 1 atom stereocenters. The van der Waals surface area contributed by atoms with Gasteiger partial charge in [-0.3, -0.25) is 9.69 Å². The van der Waals surface area contributed by atoms with Gasteiger partial charge in [-0.2, -0.15) is 0 Å². The molecular formula is C11H13N5O2. The van der Waals surface area contributed by atoms with Gasteiger partial charge in [0.05, 0.1) is 11.7 Å². The van der Waals surface area contributed by atoms with Crippen molar-refractivity contribution in [3.05, 3.63) is 17.8 Å². The van der Waals surface area contributed by atoms with E-state index in [1.54, 1.807) is 12.1 Å². The Morgan fingerprint density at radius 3 is 2.78 bits per heavy atom. The Hall–Kier alpha value is -2.31. The van der Waals surface area contributed by atoms with Crippen molar-refractivity contribution in [2.75, 3.05) is 22.9 Å². The summed E-state index contributed by atoms with van der Waals surface area (Å²) in [7, 11) is 0. The summed E-state index contributed by atoms with van der Waals surface area (Å²) in [5, 5.41) is 0. The van der Waals surface area contributed by atoms with Crippen molar-refractivity contribution in [3.8, 4) is 0 Å². The molecule has 3 rings (SSSR count). The van der Waals surface area contributed by atoms with Gasteiger partial charge in [0, 0.05) is 13.1 Å². The Morgan fingerprint density at radius 2 is 2.11 bits per heavy atom. The monoisotopic (exact) mass is 247 g/mol. The molecule has 1 saturated heterocycles. The fourth-order valence-electron chi connectivity index (χ4n) is 2.63. The van der Waals surface area contributed by atoms with Crippen LogP contribution in [0.25, 0.3) is 0 Å². The smallest absolute Gasteiger partial charge is 0.320 e. The van der Waals surface area contributed by atoms with Crippen molar-refractivity contribution in [2.45, 2.75) is 12.5 Å². The maximum atomic E-state index is 11.6. The summed E-state index contributed by atoms with van der Waals surface area (Å²) < 4.78 is 0. The van der Waals surface area contributed by atoms with Crippen LogP contribution in [0.2, 0.25) is 0 Å². The number of fused-ring (bicyclic) bond motifs is 4. The maximum Gasteiger partial charge on any atom is 0.320 e. The Balaban J connectivity index is 2.15. The molecule has 3 amide bonds. The van der Waals surface area contributed by atoms with Gasteiger partial charge in [0.2, 0.25) is 0 Å². The minimum atomic E-state index is -0.616. The number of amides is 3. The molecule has 0 radical (unpaired) electrons. The van der Waals surface area contributed by atoms with E-state index in [9.17, 15) is 9.59 Å². The van der Waals surface area contributed by atoms with Crippen LogP contribution >= 0.6 is 0 Å². The lowest BCUT2D eigenvalue weighted by molar-refractivity contribution is 0.0995. The van der Waals surface area contributed by atoms with Crippen LogP contribution in [0.5, 0.6) is 0 Å². The second-order valence-electron chi connectivity index (χ2n) is 4.50. The van der Waals surface area contributed by atoms with Gasteiger partial charge in [-0.25, -0.2) is 9.78 Å². The SMILES string of the molecule is NC(=O)c1ccc2c(n1)N(C(N)=O)C1CCN2C1. The summed E-state index contributed by atoms with van der Waals surface area (Å²) in [5.74, 6) is -0.178. The van der Waals surface area contributed by atoms with Gasteiger partial charge in [-0.15, -0.1) is 0 Å². The lowest BCUT2D eigenvalue weighted by Gasteiger charge is -2.34. The summed E-state index contributed by atoms with van der Waals surface area (Å²) in [6.07, 6.45) is 0.852. The average Bonchev–Trinajstić information content (AvgIpc) is 2.73. The zero-order valence-electron chi connectivity index (χ0n) is 9.67. The number of nitrogens with zero attached hydrogens (tertiary/aromatic N) is 3. The van der Waals surface area contributed by atoms with E-state index in [0.29, 0.717) is 5.82 Å². The first-order valence-corrected chi connectivity index (χ1v) is 5.72. The molecule has 2 bridgehead atoms. The number of primary amides is 2. The van der Waals surface area contributed by atoms with E-state index in [0.717, 1.165) is 25.2 Å². The van der Waals surface area contributed by atoms with Crippen LogP contribution in [0.3, 0.4) is 0 Å². The first-order valence-electron chi connectivity index (χ1n) is 5.72. The van der Waals surface area contributed by atoms with Crippen LogP contribution in [-0.2, 0) is 0 Å². The molecule has 1 fully saturated rings. The Morgan fingerprint density at radius 1 is 1.33 bits per heavy atom. The molecule has 0 aliphatic carbocycles. The van der Waals surface area contributed by atoms with Crippen LogP contribution in [0.15, 0.2) is 12.1 Å². The predicted octanol–water partition coefficient (Wildman–Crippen LogP) is -0.342. The lowest BCUT2D eigenvalue weighted by Crippen LogP contribution is -2.49. The van der Waals surface area contributed by atoms with E-state index >= 15 is 0 Å². The minimum Gasteiger partial charge on any atom is -0.366 e. The van der Waals surface area contributed by atoms with Crippen LogP contribution in [0.1, 0.15) is 16.9 Å². The largest absolute Gasteiger partial charge is 0.366 e. The second kappa shape index (κ2) is 3.59. The highest BCUT2D eigenvalue weighted by molar-refractivity contribution is 5.98. The van der Waals surface area contributed by atoms with Gasteiger partial charge < -0.3 is 16.4 Å². The van der Waals surface area contributed by atoms with Crippen molar-refractivity contribution >= 4 is 23.4 Å². The Bertz CT molecular complexity index is 544. The molecule has 1 aromatic rings. The van der Waals surface area contributed by atoms with E-state index in [1.807, 2.05) is 0 Å². The van der Waals surface area contributed by atoms with E-state index < -0.39 is 11.9 Å². The van der Waals surface area contributed by atoms with Gasteiger partial charge in [0.1, 0.15) is 5.69 Å². The van der Waals surface area contributed by atoms with Crippen LogP contribution in [-0.4, -0.2) is 36.1 Å². The zero-order chi connectivity index (χ0) is 12.9. The molecule has 7 heteroatoms. The number of anilines is 2. The van der Waals surface area contributed by atoms with E-state index in [-0.39, 0.29) is 11.7 Å².